The minimum absolute atomic E-state index is 0.0199. The van der Waals surface area contributed by atoms with Crippen molar-refractivity contribution < 1.29 is 4.79 Å². The Kier molecular flexibility index (Phi) is 5.62. The second-order valence-electron chi connectivity index (χ2n) is 5.55. The Hall–Kier alpha value is -1.10. The monoisotopic (exact) mass is 309 g/mol. The van der Waals surface area contributed by atoms with Gasteiger partial charge in [-0.1, -0.05) is 36.7 Å². The maximum absolute atomic E-state index is 12.1. The van der Waals surface area contributed by atoms with Crippen LogP contribution in [0.3, 0.4) is 0 Å². The summed E-state index contributed by atoms with van der Waals surface area (Å²) in [4.78, 5) is 14.3. The smallest absolute Gasteiger partial charge is 0.237 e. The molecule has 0 saturated carbocycles. The van der Waals surface area contributed by atoms with Gasteiger partial charge in [-0.25, -0.2) is 0 Å². The van der Waals surface area contributed by atoms with Crippen LogP contribution in [0, 0.1) is 0 Å². The Morgan fingerprint density at radius 1 is 1.52 bits per heavy atom. The van der Waals surface area contributed by atoms with Gasteiger partial charge in [-0.3, -0.25) is 9.69 Å². The quantitative estimate of drug-likeness (QED) is 0.877. The second-order valence-corrected chi connectivity index (χ2v) is 5.96. The zero-order chi connectivity index (χ0) is 15.4. The molecule has 1 aromatic rings. The van der Waals surface area contributed by atoms with E-state index in [-0.39, 0.29) is 24.0 Å². The van der Waals surface area contributed by atoms with E-state index in [1.807, 2.05) is 24.3 Å². The zero-order valence-electron chi connectivity index (χ0n) is 12.7. The van der Waals surface area contributed by atoms with Crippen molar-refractivity contribution in [3.05, 3.63) is 34.9 Å². The molecule has 1 aliphatic rings. The highest BCUT2D eigenvalue weighted by atomic mass is 35.5. The number of nitrogens with two attached hydrogens (primary N) is 1. The van der Waals surface area contributed by atoms with E-state index in [4.69, 9.17) is 17.3 Å². The van der Waals surface area contributed by atoms with Crippen LogP contribution in [0.25, 0.3) is 0 Å². The molecule has 1 amide bonds. The predicted molar refractivity (Wildman–Crippen MR) is 86.3 cm³/mol. The van der Waals surface area contributed by atoms with Gasteiger partial charge in [0.25, 0.3) is 0 Å². The molecule has 0 aromatic heterocycles. The zero-order valence-corrected chi connectivity index (χ0v) is 13.4. The van der Waals surface area contributed by atoms with Crippen molar-refractivity contribution in [1.82, 2.24) is 10.2 Å². The molecule has 2 rings (SSSR count). The van der Waals surface area contributed by atoms with Gasteiger partial charge in [0.15, 0.2) is 0 Å². The van der Waals surface area contributed by atoms with Gasteiger partial charge < -0.3 is 11.1 Å². The van der Waals surface area contributed by atoms with Gasteiger partial charge in [-0.2, -0.15) is 0 Å². The predicted octanol–water partition coefficient (Wildman–Crippen LogP) is 2.33. The third kappa shape index (κ3) is 3.39. The molecule has 3 N–H and O–H groups in total. The molecule has 4 nitrogen and oxygen atoms in total. The van der Waals surface area contributed by atoms with E-state index >= 15 is 0 Å². The number of benzene rings is 1. The molecule has 0 aliphatic carbocycles. The number of hydrogen-bond donors (Lipinski definition) is 2. The molecule has 5 heteroatoms. The van der Waals surface area contributed by atoms with Gasteiger partial charge in [-0.15, -0.1) is 0 Å². The molecule has 0 spiro atoms. The first-order valence-electron chi connectivity index (χ1n) is 7.57. The van der Waals surface area contributed by atoms with Crippen LogP contribution in [-0.2, 0) is 4.79 Å². The molecule has 0 bridgehead atoms. The molecule has 3 unspecified atom stereocenters. The lowest BCUT2D eigenvalue weighted by atomic mass is 9.95. The van der Waals surface area contributed by atoms with Crippen molar-refractivity contribution in [2.45, 2.75) is 44.3 Å². The third-order valence-corrected chi connectivity index (χ3v) is 4.65. The molecular formula is C16H24ClN3O. The average molecular weight is 310 g/mol. The van der Waals surface area contributed by atoms with Crippen LogP contribution in [0.4, 0.5) is 0 Å². The first kappa shape index (κ1) is 16.3. The number of amides is 1. The summed E-state index contributed by atoms with van der Waals surface area (Å²) in [6.07, 6.45) is 2.72. The third-order valence-electron chi connectivity index (χ3n) is 4.30. The van der Waals surface area contributed by atoms with Crippen LogP contribution in [0.1, 0.15) is 37.8 Å². The summed E-state index contributed by atoms with van der Waals surface area (Å²) in [6.45, 7) is 2.95. The molecule has 1 aliphatic heterocycles. The highest BCUT2D eigenvalue weighted by Crippen LogP contribution is 2.35. The van der Waals surface area contributed by atoms with E-state index in [0.29, 0.717) is 5.02 Å². The summed E-state index contributed by atoms with van der Waals surface area (Å²) in [5, 5.41) is 3.48. The van der Waals surface area contributed by atoms with Gasteiger partial charge in [0.05, 0.1) is 12.1 Å². The number of carbonyl (C=O) groups excluding carboxylic acids is 1. The second kappa shape index (κ2) is 7.25. The first-order valence-corrected chi connectivity index (χ1v) is 7.95. The number of rotatable bonds is 5. The van der Waals surface area contributed by atoms with E-state index in [9.17, 15) is 4.79 Å². The lowest BCUT2D eigenvalue weighted by Gasteiger charge is -2.36. The fourth-order valence-electron chi connectivity index (χ4n) is 3.16. The molecule has 1 saturated heterocycles. The summed E-state index contributed by atoms with van der Waals surface area (Å²) >= 11 is 6.38. The fourth-order valence-corrected chi connectivity index (χ4v) is 3.41. The van der Waals surface area contributed by atoms with Gasteiger partial charge >= 0.3 is 0 Å². The van der Waals surface area contributed by atoms with Crippen LogP contribution < -0.4 is 11.1 Å². The average Bonchev–Trinajstić information content (AvgIpc) is 2.97. The standard InChI is InChI=1S/C16H24ClN3O/c1-3-13(18)15(11-7-4-5-8-12(11)17)20-10-6-9-14(20)16(21)19-2/h4-5,7-8,13-15H,3,6,9-10,18H2,1-2H3,(H,19,21). The number of hydrogen-bond acceptors (Lipinski definition) is 3. The first-order chi connectivity index (χ1) is 10.1. The van der Waals surface area contributed by atoms with Crippen molar-refractivity contribution >= 4 is 17.5 Å². The van der Waals surface area contributed by atoms with Crippen molar-refractivity contribution in [2.75, 3.05) is 13.6 Å². The number of nitrogens with one attached hydrogen (secondary N) is 1. The number of halogens is 1. The molecule has 1 aromatic carbocycles. The Labute approximate surface area is 131 Å². The van der Waals surface area contributed by atoms with Gasteiger partial charge in [-0.05, 0) is 37.4 Å². The molecule has 0 radical (unpaired) electrons. The molecule has 1 fully saturated rings. The van der Waals surface area contributed by atoms with E-state index in [1.165, 1.54) is 0 Å². The molecular weight excluding hydrogens is 286 g/mol. The van der Waals surface area contributed by atoms with Crippen LogP contribution in [-0.4, -0.2) is 36.5 Å². The van der Waals surface area contributed by atoms with Crippen molar-refractivity contribution in [3.8, 4) is 0 Å². The minimum atomic E-state index is -0.117. The SMILES string of the molecule is CCC(N)C(c1ccccc1Cl)N1CCCC1C(=O)NC. The van der Waals surface area contributed by atoms with Crippen molar-refractivity contribution in [3.63, 3.8) is 0 Å². The largest absolute Gasteiger partial charge is 0.358 e. The number of likely N-dealkylation sites (N-methyl/N-ethyl adjacent to an activating group) is 1. The summed E-state index contributed by atoms with van der Waals surface area (Å²) in [7, 11) is 1.68. The molecule has 21 heavy (non-hydrogen) atoms. The summed E-state index contributed by atoms with van der Waals surface area (Å²) in [5.41, 5.74) is 7.39. The number of carbonyl (C=O) groups is 1. The van der Waals surface area contributed by atoms with Crippen LogP contribution in [0.15, 0.2) is 24.3 Å². The summed E-state index contributed by atoms with van der Waals surface area (Å²) in [6, 6.07) is 7.61. The Morgan fingerprint density at radius 3 is 2.86 bits per heavy atom. The lowest BCUT2D eigenvalue weighted by Crippen LogP contribution is -2.48. The van der Waals surface area contributed by atoms with Crippen LogP contribution in [0.5, 0.6) is 0 Å². The number of likely N-dealkylation sites (tertiary alicyclic amines) is 1. The maximum Gasteiger partial charge on any atom is 0.237 e. The summed E-state index contributed by atoms with van der Waals surface area (Å²) < 4.78 is 0. The Bertz CT molecular complexity index is 494. The Balaban J connectivity index is 2.37. The number of nitrogens with zero attached hydrogens (tertiary/aromatic N) is 1. The Morgan fingerprint density at radius 2 is 2.24 bits per heavy atom. The van der Waals surface area contributed by atoms with Crippen molar-refractivity contribution in [1.29, 1.82) is 0 Å². The molecule has 116 valence electrons. The normalized spacial score (nSPS) is 22.0. The van der Waals surface area contributed by atoms with E-state index < -0.39 is 0 Å². The van der Waals surface area contributed by atoms with Gasteiger partial charge in [0.2, 0.25) is 5.91 Å². The highest BCUT2D eigenvalue weighted by Gasteiger charge is 2.38. The van der Waals surface area contributed by atoms with Crippen molar-refractivity contribution in [2.24, 2.45) is 5.73 Å². The summed E-state index contributed by atoms with van der Waals surface area (Å²) in [5.74, 6) is 0.0628. The van der Waals surface area contributed by atoms with Gasteiger partial charge in [0.1, 0.15) is 0 Å². The maximum atomic E-state index is 12.1. The molecule has 1 heterocycles. The van der Waals surface area contributed by atoms with Crippen LogP contribution in [0.2, 0.25) is 5.02 Å². The van der Waals surface area contributed by atoms with Gasteiger partial charge in [0, 0.05) is 18.1 Å². The minimum Gasteiger partial charge on any atom is -0.358 e. The lowest BCUT2D eigenvalue weighted by molar-refractivity contribution is -0.125. The highest BCUT2D eigenvalue weighted by molar-refractivity contribution is 6.31. The fraction of sp³-hybridized carbons (Fsp3) is 0.562. The van der Waals surface area contributed by atoms with E-state index in [2.05, 4.69) is 17.1 Å². The van der Waals surface area contributed by atoms with E-state index in [1.54, 1.807) is 7.05 Å². The van der Waals surface area contributed by atoms with E-state index in [0.717, 1.165) is 31.4 Å². The topological polar surface area (TPSA) is 58.4 Å². The van der Waals surface area contributed by atoms with Crippen LogP contribution >= 0.6 is 11.6 Å². The molecule has 3 atom stereocenters.